The van der Waals surface area contributed by atoms with Crippen molar-refractivity contribution in [1.29, 1.82) is 0 Å². The maximum Gasteiger partial charge on any atom is 0.0159 e. The van der Waals surface area contributed by atoms with Gasteiger partial charge >= 0.3 is 0 Å². The molecule has 0 aliphatic heterocycles. The van der Waals surface area contributed by atoms with E-state index in [2.05, 4.69) is 211 Å². The van der Waals surface area contributed by atoms with Gasteiger partial charge in [-0.2, -0.15) is 0 Å². The number of benzene rings is 9. The van der Waals surface area contributed by atoms with Crippen LogP contribution in [0, 0.1) is 0 Å². The predicted molar refractivity (Wildman–Crippen MR) is 251 cm³/mol. The summed E-state index contributed by atoms with van der Waals surface area (Å²) in [7, 11) is 0. The summed E-state index contributed by atoms with van der Waals surface area (Å²) in [5.41, 5.74) is 18.5. The summed E-state index contributed by atoms with van der Waals surface area (Å²) in [6.07, 6.45) is 4.49. The van der Waals surface area contributed by atoms with Crippen molar-refractivity contribution >= 4 is 48.7 Å². The smallest absolute Gasteiger partial charge is 0.0159 e. The predicted octanol–water partition coefficient (Wildman–Crippen LogP) is 16.2. The van der Waals surface area contributed by atoms with E-state index in [0.29, 0.717) is 0 Å². The van der Waals surface area contributed by atoms with Gasteiger partial charge in [0.25, 0.3) is 0 Å². The first-order valence-electron chi connectivity index (χ1n) is 20.8. The Hall–Kier alpha value is -6.50. The van der Waals surface area contributed by atoms with E-state index in [9.17, 15) is 0 Å². The molecule has 0 N–H and O–H groups in total. The van der Waals surface area contributed by atoms with Gasteiger partial charge in [0.2, 0.25) is 0 Å². The van der Waals surface area contributed by atoms with Crippen molar-refractivity contribution in [2.24, 2.45) is 0 Å². The minimum atomic E-state index is -0.0851. The average Bonchev–Trinajstić information content (AvgIpc) is 3.60. The van der Waals surface area contributed by atoms with Gasteiger partial charge in [-0.1, -0.05) is 161 Å². The highest BCUT2D eigenvalue weighted by molar-refractivity contribution is 6.24. The molecule has 0 bridgehead atoms. The fraction of sp³-hybridized carbons (Fsp3) is 0.138. The summed E-state index contributed by atoms with van der Waals surface area (Å²) in [5.74, 6) is 0. The fourth-order valence-corrected chi connectivity index (χ4v) is 10.7. The molecule has 0 radical (unpaired) electrons. The van der Waals surface area contributed by atoms with Gasteiger partial charge in [0.15, 0.2) is 0 Å². The van der Waals surface area contributed by atoms with Crippen LogP contribution in [0.15, 0.2) is 175 Å². The minimum absolute atomic E-state index is 0.0680. The van der Waals surface area contributed by atoms with Crippen molar-refractivity contribution in [2.45, 2.75) is 52.4 Å². The second-order valence-corrected chi connectivity index (χ2v) is 17.7. The van der Waals surface area contributed by atoms with Crippen LogP contribution in [0.1, 0.15) is 63.8 Å². The molecule has 11 rings (SSSR count). The summed E-state index contributed by atoms with van der Waals surface area (Å²) in [6.45, 7) is 13.9. The number of allylic oxidation sites excluding steroid dienone is 4. The average molecular weight is 743 g/mol. The zero-order valence-corrected chi connectivity index (χ0v) is 34.2. The van der Waals surface area contributed by atoms with Gasteiger partial charge in [0, 0.05) is 10.8 Å². The first kappa shape index (κ1) is 34.7. The van der Waals surface area contributed by atoms with E-state index in [0.717, 1.165) is 0 Å². The van der Waals surface area contributed by atoms with Crippen LogP contribution < -0.4 is 0 Å². The Bertz CT molecular complexity index is 3290. The van der Waals surface area contributed by atoms with Gasteiger partial charge in [-0.05, 0) is 171 Å². The summed E-state index contributed by atoms with van der Waals surface area (Å²) in [5, 5.41) is 10.2. The number of hydrogen-bond donors (Lipinski definition) is 0. The van der Waals surface area contributed by atoms with Crippen molar-refractivity contribution in [2.75, 3.05) is 0 Å². The first-order chi connectivity index (χ1) is 28.1. The second kappa shape index (κ2) is 12.5. The molecule has 0 nitrogen and oxygen atoms in total. The van der Waals surface area contributed by atoms with E-state index < -0.39 is 0 Å². The van der Waals surface area contributed by atoms with E-state index in [1.165, 1.54) is 121 Å². The van der Waals surface area contributed by atoms with Gasteiger partial charge in [0.1, 0.15) is 0 Å². The lowest BCUT2D eigenvalue weighted by atomic mass is 9.79. The Balaban J connectivity index is 1.18. The minimum Gasteiger partial charge on any atom is -0.0873 e. The quantitative estimate of drug-likeness (QED) is 0.158. The van der Waals surface area contributed by atoms with Crippen LogP contribution in [0.2, 0.25) is 0 Å². The molecule has 58 heavy (non-hydrogen) atoms. The van der Waals surface area contributed by atoms with Crippen molar-refractivity contribution in [3.8, 4) is 44.5 Å². The number of fused-ring (bicyclic) bond motifs is 10. The van der Waals surface area contributed by atoms with E-state index in [1.807, 2.05) is 0 Å². The molecule has 2 aliphatic carbocycles. The van der Waals surface area contributed by atoms with E-state index >= 15 is 0 Å². The van der Waals surface area contributed by atoms with Gasteiger partial charge in [0.05, 0.1) is 0 Å². The Morgan fingerprint density at radius 2 is 0.914 bits per heavy atom. The molecule has 2 aliphatic rings. The van der Waals surface area contributed by atoms with Crippen LogP contribution in [0.25, 0.3) is 93.2 Å². The zero-order valence-electron chi connectivity index (χ0n) is 34.2. The highest BCUT2D eigenvalue weighted by atomic mass is 14.4. The molecule has 0 heteroatoms. The molecule has 278 valence electrons. The summed E-state index contributed by atoms with van der Waals surface area (Å²) in [6, 6.07) is 60.1. The Labute approximate surface area is 341 Å². The third-order valence-corrected chi connectivity index (χ3v) is 13.8. The Morgan fingerprint density at radius 3 is 1.67 bits per heavy atom. The van der Waals surface area contributed by atoms with Gasteiger partial charge in [-0.25, -0.2) is 0 Å². The molecule has 0 amide bonds. The molecular formula is C58H46. The van der Waals surface area contributed by atoms with Crippen molar-refractivity contribution in [1.82, 2.24) is 0 Å². The van der Waals surface area contributed by atoms with E-state index in [4.69, 9.17) is 0 Å². The van der Waals surface area contributed by atoms with Crippen molar-refractivity contribution < 1.29 is 0 Å². The van der Waals surface area contributed by atoms with Gasteiger partial charge < -0.3 is 0 Å². The lowest BCUT2D eigenvalue weighted by molar-refractivity contribution is 0.654. The Morgan fingerprint density at radius 1 is 0.362 bits per heavy atom. The molecule has 0 aromatic heterocycles. The summed E-state index contributed by atoms with van der Waals surface area (Å²) >= 11 is 0. The van der Waals surface area contributed by atoms with Crippen LogP contribution >= 0.6 is 0 Å². The van der Waals surface area contributed by atoms with Gasteiger partial charge in [-0.3, -0.25) is 0 Å². The molecule has 9 aromatic rings. The largest absolute Gasteiger partial charge is 0.0873 e. The Kier molecular flexibility index (Phi) is 7.48. The molecule has 0 heterocycles. The monoisotopic (exact) mass is 742 g/mol. The molecule has 0 unspecified atom stereocenters. The van der Waals surface area contributed by atoms with Crippen LogP contribution in [0.3, 0.4) is 0 Å². The SMILES string of the molecule is C/C=C\C1=C(C)c2ccc(-c3cc4c5ccccc5c(-c5ccc6c(c5)C(C)(C)c5ccccc5-6)cc4c4ccc(-c5ccc6ccccc6c5)cc34)cc2C1(C)C. The van der Waals surface area contributed by atoms with Crippen LogP contribution in [-0.4, -0.2) is 0 Å². The third-order valence-electron chi connectivity index (χ3n) is 13.8. The maximum absolute atomic E-state index is 2.49. The lowest BCUT2D eigenvalue weighted by Crippen LogP contribution is -2.16. The highest BCUT2D eigenvalue weighted by Crippen LogP contribution is 2.52. The number of hydrogen-bond acceptors (Lipinski definition) is 0. The standard InChI is InChI=1S/C58H46/c1-7-14-53-35(2)42-26-24-41(31-55(42)57(53,3)4)49-34-51-44-18-11-10-17-43(44)48(40-25-28-47-46-19-12-13-20-54(46)58(5,6)56(47)32-40)33-52(51)45-27-23-39(30-50(45)49)38-22-21-36-15-8-9-16-37(36)29-38/h7-34H,1-6H3/b14-7-. The fourth-order valence-electron chi connectivity index (χ4n) is 10.7. The highest BCUT2D eigenvalue weighted by Gasteiger charge is 2.36. The summed E-state index contributed by atoms with van der Waals surface area (Å²) in [4.78, 5) is 0. The van der Waals surface area contributed by atoms with Crippen LogP contribution in [0.5, 0.6) is 0 Å². The first-order valence-corrected chi connectivity index (χ1v) is 20.8. The molecular weight excluding hydrogens is 697 g/mol. The van der Waals surface area contributed by atoms with Gasteiger partial charge in [-0.15, -0.1) is 0 Å². The molecule has 0 spiro atoms. The topological polar surface area (TPSA) is 0 Å². The molecule has 0 atom stereocenters. The molecule has 0 saturated carbocycles. The lowest BCUT2D eigenvalue weighted by Gasteiger charge is -2.24. The maximum atomic E-state index is 2.49. The molecule has 9 aromatic carbocycles. The zero-order chi connectivity index (χ0) is 39.5. The van der Waals surface area contributed by atoms with Crippen molar-refractivity contribution in [3.63, 3.8) is 0 Å². The van der Waals surface area contributed by atoms with Crippen LogP contribution in [0.4, 0.5) is 0 Å². The second-order valence-electron chi connectivity index (χ2n) is 17.7. The van der Waals surface area contributed by atoms with Crippen molar-refractivity contribution in [3.05, 3.63) is 198 Å². The van der Waals surface area contributed by atoms with E-state index in [1.54, 1.807) is 0 Å². The van der Waals surface area contributed by atoms with Crippen LogP contribution in [-0.2, 0) is 10.8 Å². The van der Waals surface area contributed by atoms with E-state index in [-0.39, 0.29) is 10.8 Å². The molecule has 0 saturated heterocycles. The summed E-state index contributed by atoms with van der Waals surface area (Å²) < 4.78 is 0. The molecule has 0 fully saturated rings. The number of rotatable bonds is 4. The normalized spacial score (nSPS) is 15.2. The third kappa shape index (κ3) is 4.94.